The third-order valence-electron chi connectivity index (χ3n) is 11.2. The summed E-state index contributed by atoms with van der Waals surface area (Å²) in [6.07, 6.45) is 0. The van der Waals surface area contributed by atoms with Gasteiger partial charge in [0.05, 0.1) is 22.4 Å². The van der Waals surface area contributed by atoms with Crippen LogP contribution in [0.2, 0.25) is 0 Å². The summed E-state index contributed by atoms with van der Waals surface area (Å²) in [5, 5.41) is 4.79. The number of para-hydroxylation sites is 5. The Hall–Kier alpha value is -7.62. The van der Waals surface area contributed by atoms with Crippen molar-refractivity contribution in [2.45, 2.75) is 0 Å². The lowest BCUT2D eigenvalue weighted by molar-refractivity contribution is 0.669. The molecule has 3 nitrogen and oxygen atoms in total. The molecule has 0 radical (unpaired) electrons. The molecule has 0 saturated heterocycles. The van der Waals surface area contributed by atoms with Gasteiger partial charge in [-0.15, -0.1) is 0 Å². The largest absolute Gasteiger partial charge is 0.456 e. The molecule has 0 aliphatic rings. The van der Waals surface area contributed by atoms with Crippen molar-refractivity contribution in [2.75, 3.05) is 4.90 Å². The topological polar surface area (TPSA) is 21.3 Å². The van der Waals surface area contributed by atoms with E-state index in [0.717, 1.165) is 61.4 Å². The van der Waals surface area contributed by atoms with Gasteiger partial charge in [-0.2, -0.15) is 0 Å². The number of hydrogen-bond donors (Lipinski definition) is 0. The molecular formula is C54H36N2O. The second-order valence-corrected chi connectivity index (χ2v) is 14.5. The summed E-state index contributed by atoms with van der Waals surface area (Å²) >= 11 is 0. The fourth-order valence-electron chi connectivity index (χ4n) is 8.55. The van der Waals surface area contributed by atoms with Crippen LogP contribution in [0.4, 0.5) is 17.1 Å². The van der Waals surface area contributed by atoms with Crippen LogP contribution in [0.1, 0.15) is 0 Å². The standard InChI is InChI=1S/C54H36N2O/c1-2-14-38(15-3-1)43-16-4-9-21-49(43)55(41-31-26-37(27-32-41)40-30-35-48-47-20-8-13-25-53(47)57-54(48)36-40)42-33-28-39(29-34-42)44-17-5-10-22-50(44)56-51-23-11-6-18-45(51)46-19-7-12-24-52(46)56/h1-36H. The number of nitrogens with zero attached hydrogens (tertiary/aromatic N) is 2. The van der Waals surface area contributed by atoms with Gasteiger partial charge in [0.2, 0.25) is 0 Å². The van der Waals surface area contributed by atoms with Crippen LogP contribution in [0.15, 0.2) is 223 Å². The van der Waals surface area contributed by atoms with Crippen molar-refractivity contribution in [1.82, 2.24) is 4.57 Å². The molecule has 0 saturated carbocycles. The zero-order chi connectivity index (χ0) is 37.7. The fraction of sp³-hybridized carbons (Fsp3) is 0. The van der Waals surface area contributed by atoms with Crippen molar-refractivity contribution in [1.29, 1.82) is 0 Å². The zero-order valence-corrected chi connectivity index (χ0v) is 31.1. The monoisotopic (exact) mass is 728 g/mol. The second-order valence-electron chi connectivity index (χ2n) is 14.5. The minimum absolute atomic E-state index is 0.899. The van der Waals surface area contributed by atoms with Crippen molar-refractivity contribution in [3.63, 3.8) is 0 Å². The molecule has 268 valence electrons. The van der Waals surface area contributed by atoms with Gasteiger partial charge in [-0.1, -0.05) is 152 Å². The predicted molar refractivity (Wildman–Crippen MR) is 239 cm³/mol. The zero-order valence-electron chi connectivity index (χ0n) is 31.1. The highest BCUT2D eigenvalue weighted by Crippen LogP contribution is 2.43. The quantitative estimate of drug-likeness (QED) is 0.163. The molecule has 2 heterocycles. The summed E-state index contributed by atoms with van der Waals surface area (Å²) in [5.74, 6) is 0. The predicted octanol–water partition coefficient (Wildman–Crippen LogP) is 15.2. The maximum absolute atomic E-state index is 6.25. The van der Waals surface area contributed by atoms with Crippen molar-refractivity contribution in [3.05, 3.63) is 218 Å². The van der Waals surface area contributed by atoms with Crippen molar-refractivity contribution < 1.29 is 4.42 Å². The Morgan fingerprint density at radius 3 is 1.56 bits per heavy atom. The van der Waals surface area contributed by atoms with Gasteiger partial charge in [-0.05, 0) is 89.0 Å². The lowest BCUT2D eigenvalue weighted by atomic mass is 9.99. The second kappa shape index (κ2) is 13.6. The van der Waals surface area contributed by atoms with E-state index in [1.54, 1.807) is 0 Å². The molecule has 11 rings (SSSR count). The van der Waals surface area contributed by atoms with Crippen LogP contribution >= 0.6 is 0 Å². The Balaban J connectivity index is 1.02. The summed E-state index contributed by atoms with van der Waals surface area (Å²) in [7, 11) is 0. The van der Waals surface area contributed by atoms with Crippen LogP contribution in [0, 0.1) is 0 Å². The number of fused-ring (bicyclic) bond motifs is 6. The molecule has 9 aromatic carbocycles. The van der Waals surface area contributed by atoms with Gasteiger partial charge in [0.15, 0.2) is 0 Å². The normalized spacial score (nSPS) is 11.5. The van der Waals surface area contributed by atoms with Gasteiger partial charge < -0.3 is 13.9 Å². The first-order valence-electron chi connectivity index (χ1n) is 19.4. The molecule has 0 aliphatic carbocycles. The minimum Gasteiger partial charge on any atom is -0.456 e. The maximum Gasteiger partial charge on any atom is 0.136 e. The Morgan fingerprint density at radius 1 is 0.333 bits per heavy atom. The molecule has 2 aromatic heterocycles. The van der Waals surface area contributed by atoms with Gasteiger partial charge in [-0.25, -0.2) is 0 Å². The van der Waals surface area contributed by atoms with Gasteiger partial charge >= 0.3 is 0 Å². The summed E-state index contributed by atoms with van der Waals surface area (Å²) in [4.78, 5) is 2.37. The first kappa shape index (κ1) is 32.8. The van der Waals surface area contributed by atoms with E-state index in [4.69, 9.17) is 4.42 Å². The molecule has 11 aromatic rings. The molecule has 0 spiro atoms. The van der Waals surface area contributed by atoms with Crippen LogP contribution in [-0.4, -0.2) is 4.57 Å². The molecule has 0 fully saturated rings. The van der Waals surface area contributed by atoms with Gasteiger partial charge in [0.25, 0.3) is 0 Å². The van der Waals surface area contributed by atoms with Crippen LogP contribution in [0.5, 0.6) is 0 Å². The molecule has 0 atom stereocenters. The molecular weight excluding hydrogens is 693 g/mol. The number of benzene rings is 9. The van der Waals surface area contributed by atoms with E-state index in [2.05, 4.69) is 216 Å². The van der Waals surface area contributed by atoms with E-state index >= 15 is 0 Å². The average molecular weight is 729 g/mol. The number of aromatic nitrogens is 1. The summed E-state index contributed by atoms with van der Waals surface area (Å²) in [6.45, 7) is 0. The van der Waals surface area contributed by atoms with Crippen LogP contribution < -0.4 is 4.90 Å². The van der Waals surface area contributed by atoms with Crippen LogP contribution in [0.3, 0.4) is 0 Å². The van der Waals surface area contributed by atoms with E-state index in [0.29, 0.717) is 0 Å². The molecule has 0 N–H and O–H groups in total. The molecule has 0 aliphatic heterocycles. The summed E-state index contributed by atoms with van der Waals surface area (Å²) < 4.78 is 8.65. The van der Waals surface area contributed by atoms with Crippen molar-refractivity contribution in [3.8, 4) is 39.1 Å². The third kappa shape index (κ3) is 5.60. The van der Waals surface area contributed by atoms with E-state index in [1.165, 1.54) is 38.5 Å². The van der Waals surface area contributed by atoms with E-state index < -0.39 is 0 Å². The maximum atomic E-state index is 6.25. The SMILES string of the molecule is c1ccc(-c2ccccc2N(c2ccc(-c3ccc4c(c3)oc3ccccc34)cc2)c2ccc(-c3ccccc3-n3c4ccccc4c4ccccc43)cc2)cc1. The lowest BCUT2D eigenvalue weighted by Gasteiger charge is -2.28. The van der Waals surface area contributed by atoms with Gasteiger partial charge in [-0.3, -0.25) is 0 Å². The van der Waals surface area contributed by atoms with Crippen molar-refractivity contribution >= 4 is 60.8 Å². The Labute approximate surface area is 330 Å². The molecule has 0 bridgehead atoms. The van der Waals surface area contributed by atoms with Crippen LogP contribution in [-0.2, 0) is 0 Å². The highest BCUT2D eigenvalue weighted by Gasteiger charge is 2.19. The Morgan fingerprint density at radius 2 is 0.842 bits per heavy atom. The van der Waals surface area contributed by atoms with E-state index in [1.807, 2.05) is 12.1 Å². The number of hydrogen-bond acceptors (Lipinski definition) is 2. The lowest BCUT2D eigenvalue weighted by Crippen LogP contribution is -2.11. The Bertz CT molecular complexity index is 3170. The average Bonchev–Trinajstić information content (AvgIpc) is 3.83. The van der Waals surface area contributed by atoms with E-state index in [9.17, 15) is 0 Å². The highest BCUT2D eigenvalue weighted by atomic mass is 16.3. The Kier molecular flexibility index (Phi) is 7.82. The first-order valence-corrected chi connectivity index (χ1v) is 19.4. The number of furan rings is 1. The smallest absolute Gasteiger partial charge is 0.136 e. The summed E-state index contributed by atoms with van der Waals surface area (Å²) in [6, 6.07) is 78.1. The number of anilines is 3. The van der Waals surface area contributed by atoms with Crippen LogP contribution in [0.25, 0.3) is 82.8 Å². The molecule has 3 heteroatoms. The van der Waals surface area contributed by atoms with E-state index in [-0.39, 0.29) is 0 Å². The highest BCUT2D eigenvalue weighted by molar-refractivity contribution is 6.10. The first-order chi connectivity index (χ1) is 28.3. The number of rotatable bonds is 7. The third-order valence-corrected chi connectivity index (χ3v) is 11.2. The minimum atomic E-state index is 0.899. The molecule has 0 amide bonds. The molecule has 0 unspecified atom stereocenters. The van der Waals surface area contributed by atoms with Gasteiger partial charge in [0, 0.05) is 44.0 Å². The fourth-order valence-corrected chi connectivity index (χ4v) is 8.55. The van der Waals surface area contributed by atoms with Gasteiger partial charge in [0.1, 0.15) is 11.2 Å². The molecule has 57 heavy (non-hydrogen) atoms. The van der Waals surface area contributed by atoms with Crippen molar-refractivity contribution in [2.24, 2.45) is 0 Å². The summed E-state index contributed by atoms with van der Waals surface area (Å²) in [5.41, 5.74) is 15.6.